The Hall–Kier alpha value is -1.50. The monoisotopic (exact) mass is 308 g/mol. The quantitative estimate of drug-likeness (QED) is 0.493. The minimum atomic E-state index is -2.14. The topological polar surface area (TPSA) is 90.7 Å². The van der Waals surface area contributed by atoms with Crippen LogP contribution in [0.4, 0.5) is 15.8 Å². The molecule has 0 amide bonds. The Bertz CT molecular complexity index is 450. The summed E-state index contributed by atoms with van der Waals surface area (Å²) in [6.45, 7) is 4.47. The third-order valence-corrected chi connectivity index (χ3v) is 3.00. The largest absolute Gasteiger partial charge is 0.383 e. The fourth-order valence-corrected chi connectivity index (χ4v) is 1.70. The molecule has 0 saturated heterocycles. The number of hydrogen-bond acceptors (Lipinski definition) is 6. The highest BCUT2D eigenvalue weighted by molar-refractivity contribution is 7.33. The minimum Gasteiger partial charge on any atom is -0.383 e. The van der Waals surface area contributed by atoms with E-state index in [4.69, 9.17) is 0 Å². The van der Waals surface area contributed by atoms with E-state index < -0.39 is 19.0 Å². The summed E-state index contributed by atoms with van der Waals surface area (Å²) < 4.78 is 32.1. The van der Waals surface area contributed by atoms with Crippen molar-refractivity contribution in [2.24, 2.45) is 0 Å². The van der Waals surface area contributed by atoms with Crippen molar-refractivity contribution in [2.45, 2.75) is 13.8 Å². The molecule has 0 aliphatic rings. The lowest BCUT2D eigenvalue weighted by molar-refractivity contribution is -0.384. The number of benzene rings is 1. The Labute approximate surface area is 117 Å². The first kappa shape index (κ1) is 18.5. The number of nitro groups is 1. The van der Waals surface area contributed by atoms with Gasteiger partial charge in [-0.25, -0.2) is 4.39 Å². The second kappa shape index (κ2) is 10.3. The maximum atomic E-state index is 12.5. The molecule has 0 radical (unpaired) electrons. The molecule has 1 N–H and O–H groups in total. The molecule has 1 aromatic carbocycles. The van der Waals surface area contributed by atoms with E-state index in [1.54, 1.807) is 20.9 Å². The van der Waals surface area contributed by atoms with Crippen molar-refractivity contribution in [1.29, 1.82) is 0 Å². The van der Waals surface area contributed by atoms with Gasteiger partial charge in [0.2, 0.25) is 0 Å². The Balaban J connectivity index is 0.000000396. The van der Waals surface area contributed by atoms with E-state index in [-0.39, 0.29) is 5.69 Å². The number of nitro benzene ring substituents is 1. The zero-order valence-corrected chi connectivity index (χ0v) is 12.5. The molecule has 0 spiro atoms. The highest BCUT2D eigenvalue weighted by atomic mass is 31.1. The van der Waals surface area contributed by atoms with Crippen LogP contribution in [0.15, 0.2) is 18.2 Å². The molecule has 7 nitrogen and oxygen atoms in total. The SMILES string of the molecule is CCO[PH](=O)OCC.CNc1ccc(F)cc1[N+](=O)[O-]. The molecule has 0 atom stereocenters. The van der Waals surface area contributed by atoms with Gasteiger partial charge >= 0.3 is 8.25 Å². The van der Waals surface area contributed by atoms with Crippen molar-refractivity contribution in [3.8, 4) is 0 Å². The molecule has 0 unspecified atom stereocenters. The molecule has 1 rings (SSSR count). The molecule has 0 aromatic heterocycles. The van der Waals surface area contributed by atoms with Gasteiger partial charge in [-0.1, -0.05) is 0 Å². The Morgan fingerprint density at radius 1 is 1.35 bits per heavy atom. The van der Waals surface area contributed by atoms with Gasteiger partial charge in [-0.15, -0.1) is 0 Å². The molecule has 114 valence electrons. The predicted octanol–water partition coefficient (Wildman–Crippen LogP) is 3.22. The molecule has 20 heavy (non-hydrogen) atoms. The highest BCUT2D eigenvalue weighted by Gasteiger charge is 2.12. The van der Waals surface area contributed by atoms with Gasteiger partial charge in [-0.3, -0.25) is 14.7 Å². The summed E-state index contributed by atoms with van der Waals surface area (Å²) in [5.41, 5.74) is 0.0545. The number of anilines is 1. The van der Waals surface area contributed by atoms with Crippen LogP contribution in [-0.2, 0) is 13.6 Å². The minimum absolute atomic E-state index is 0.252. The van der Waals surface area contributed by atoms with Crippen LogP contribution in [0.2, 0.25) is 0 Å². The van der Waals surface area contributed by atoms with E-state index >= 15 is 0 Å². The average molecular weight is 308 g/mol. The smallest absolute Gasteiger partial charge is 0.319 e. The number of rotatable bonds is 6. The third-order valence-electron chi connectivity index (χ3n) is 1.95. The zero-order chi connectivity index (χ0) is 15.5. The lowest BCUT2D eigenvalue weighted by Gasteiger charge is -2.00. The number of nitrogens with zero attached hydrogens (tertiary/aromatic N) is 1. The van der Waals surface area contributed by atoms with Crippen LogP contribution in [-0.4, -0.2) is 25.2 Å². The van der Waals surface area contributed by atoms with Gasteiger partial charge in [0.15, 0.2) is 0 Å². The van der Waals surface area contributed by atoms with Gasteiger partial charge < -0.3 is 14.4 Å². The van der Waals surface area contributed by atoms with E-state index in [0.717, 1.165) is 6.07 Å². The fraction of sp³-hybridized carbons (Fsp3) is 0.455. The Morgan fingerprint density at radius 2 is 1.90 bits per heavy atom. The molecule has 0 aliphatic heterocycles. The summed E-state index contributed by atoms with van der Waals surface area (Å²) in [7, 11) is -0.600. The Kier molecular flexibility index (Phi) is 9.53. The van der Waals surface area contributed by atoms with E-state index in [0.29, 0.717) is 18.9 Å². The van der Waals surface area contributed by atoms with Gasteiger partial charge in [0.05, 0.1) is 24.2 Å². The van der Waals surface area contributed by atoms with Crippen molar-refractivity contribution < 1.29 is 22.9 Å². The fourth-order valence-electron chi connectivity index (χ4n) is 1.14. The van der Waals surface area contributed by atoms with Crippen LogP contribution in [0.1, 0.15) is 13.8 Å². The summed E-state index contributed by atoms with van der Waals surface area (Å²) in [5.74, 6) is -0.610. The molecule has 0 saturated carbocycles. The van der Waals surface area contributed by atoms with Crippen LogP contribution in [0.5, 0.6) is 0 Å². The molecule has 1 aromatic rings. The first-order valence-electron chi connectivity index (χ1n) is 5.87. The maximum Gasteiger partial charge on any atom is 0.319 e. The average Bonchev–Trinajstić information content (AvgIpc) is 2.40. The van der Waals surface area contributed by atoms with Crippen molar-refractivity contribution in [3.05, 3.63) is 34.1 Å². The first-order chi connectivity index (χ1) is 9.46. The van der Waals surface area contributed by atoms with Gasteiger partial charge in [-0.2, -0.15) is 0 Å². The number of halogens is 1. The summed E-state index contributed by atoms with van der Waals surface area (Å²) in [4.78, 5) is 9.70. The number of hydrogen-bond donors (Lipinski definition) is 1. The highest BCUT2D eigenvalue weighted by Crippen LogP contribution is 2.24. The summed E-state index contributed by atoms with van der Waals surface area (Å²) in [5, 5.41) is 12.9. The normalized spacial score (nSPS) is 9.85. The molecule has 0 bridgehead atoms. The van der Waals surface area contributed by atoms with Crippen LogP contribution in [0.25, 0.3) is 0 Å². The molecule has 9 heteroatoms. The maximum absolute atomic E-state index is 12.5. The predicted molar refractivity (Wildman–Crippen MR) is 74.9 cm³/mol. The van der Waals surface area contributed by atoms with E-state index in [1.165, 1.54) is 12.1 Å². The second-order valence-corrected chi connectivity index (χ2v) is 4.36. The van der Waals surface area contributed by atoms with Crippen LogP contribution in [0.3, 0.4) is 0 Å². The molecular formula is C11H18FN2O5P. The van der Waals surface area contributed by atoms with Gasteiger partial charge in [0.1, 0.15) is 11.5 Å². The van der Waals surface area contributed by atoms with E-state index in [2.05, 4.69) is 14.4 Å². The van der Waals surface area contributed by atoms with Gasteiger partial charge in [-0.05, 0) is 26.0 Å². The molecule has 0 fully saturated rings. The van der Waals surface area contributed by atoms with Crippen molar-refractivity contribution >= 4 is 19.6 Å². The Morgan fingerprint density at radius 3 is 2.30 bits per heavy atom. The van der Waals surface area contributed by atoms with Gasteiger partial charge in [0.25, 0.3) is 5.69 Å². The third kappa shape index (κ3) is 7.18. The van der Waals surface area contributed by atoms with Crippen LogP contribution < -0.4 is 5.32 Å². The standard InChI is InChI=1S/C7H7FN2O2.C4H11O3P/c1-9-6-3-2-5(8)4-7(6)10(11)12;1-3-6-8(5)7-4-2/h2-4,9H,1H3;8H,3-4H2,1-2H3. The van der Waals surface area contributed by atoms with Crippen LogP contribution >= 0.6 is 8.25 Å². The lowest BCUT2D eigenvalue weighted by Crippen LogP contribution is -1.96. The van der Waals surface area contributed by atoms with Crippen molar-refractivity contribution in [3.63, 3.8) is 0 Å². The zero-order valence-electron chi connectivity index (χ0n) is 11.5. The lowest BCUT2D eigenvalue weighted by atomic mass is 10.2. The van der Waals surface area contributed by atoms with Gasteiger partial charge in [0, 0.05) is 7.05 Å². The van der Waals surface area contributed by atoms with Crippen LogP contribution in [0, 0.1) is 15.9 Å². The van der Waals surface area contributed by atoms with E-state index in [9.17, 15) is 19.1 Å². The first-order valence-corrected chi connectivity index (χ1v) is 7.09. The number of nitrogens with one attached hydrogen (secondary N) is 1. The summed E-state index contributed by atoms with van der Waals surface area (Å²) in [6.07, 6.45) is 0. The van der Waals surface area contributed by atoms with Crippen molar-refractivity contribution in [2.75, 3.05) is 25.6 Å². The van der Waals surface area contributed by atoms with Crippen molar-refractivity contribution in [1.82, 2.24) is 0 Å². The van der Waals surface area contributed by atoms with E-state index in [1.807, 2.05) is 0 Å². The molecular weight excluding hydrogens is 290 g/mol. The summed E-state index contributed by atoms with van der Waals surface area (Å²) in [6, 6.07) is 3.37. The molecule has 0 aliphatic carbocycles. The second-order valence-electron chi connectivity index (χ2n) is 3.28. The molecule has 0 heterocycles. The summed E-state index contributed by atoms with van der Waals surface area (Å²) >= 11 is 0.